The minimum absolute atomic E-state index is 0.272. The molecule has 0 saturated heterocycles. The van der Waals surface area contributed by atoms with Gasteiger partial charge in [-0.25, -0.2) is 0 Å². The zero-order valence-corrected chi connectivity index (χ0v) is 13.2. The number of benzene rings is 2. The van der Waals surface area contributed by atoms with Crippen molar-refractivity contribution in [2.24, 2.45) is 5.73 Å². The van der Waals surface area contributed by atoms with Crippen LogP contribution in [0.4, 0.5) is 0 Å². The van der Waals surface area contributed by atoms with Gasteiger partial charge in [0.15, 0.2) is 0 Å². The molecule has 0 aliphatic rings. The average molecular weight is 368 g/mol. The van der Waals surface area contributed by atoms with Crippen LogP contribution in [0.1, 0.15) is 22.0 Å². The monoisotopic (exact) mass is 366 g/mol. The van der Waals surface area contributed by atoms with Gasteiger partial charge in [0.2, 0.25) is 5.91 Å². The number of hydrogen-bond donors (Lipinski definition) is 2. The lowest BCUT2D eigenvalue weighted by Gasteiger charge is -2.16. The zero-order chi connectivity index (χ0) is 15.4. The fourth-order valence-corrected chi connectivity index (χ4v) is 2.41. The van der Waals surface area contributed by atoms with Crippen LogP contribution in [0.15, 0.2) is 53.0 Å². The van der Waals surface area contributed by atoms with E-state index >= 15 is 0 Å². The van der Waals surface area contributed by atoms with E-state index in [0.29, 0.717) is 15.1 Å². The van der Waals surface area contributed by atoms with Crippen molar-refractivity contribution in [1.82, 2.24) is 5.32 Å². The molecular formula is C15H12BrClN2O2. The highest BCUT2D eigenvalue weighted by Gasteiger charge is 2.22. The first-order valence-corrected chi connectivity index (χ1v) is 7.26. The van der Waals surface area contributed by atoms with Crippen molar-refractivity contribution in [1.29, 1.82) is 0 Å². The lowest BCUT2D eigenvalue weighted by Crippen LogP contribution is -2.37. The van der Waals surface area contributed by atoms with Crippen molar-refractivity contribution in [2.75, 3.05) is 0 Å². The number of carbonyl (C=O) groups excluding carboxylic acids is 2. The molecule has 0 aromatic heterocycles. The van der Waals surface area contributed by atoms with Crippen LogP contribution in [0.5, 0.6) is 0 Å². The molecule has 0 radical (unpaired) electrons. The predicted octanol–water partition coefficient (Wildman–Crippen LogP) is 3.06. The van der Waals surface area contributed by atoms with Crippen LogP contribution in [0.25, 0.3) is 0 Å². The van der Waals surface area contributed by atoms with Gasteiger partial charge in [0.25, 0.3) is 5.91 Å². The van der Waals surface area contributed by atoms with Gasteiger partial charge in [-0.1, -0.05) is 57.9 Å². The highest BCUT2D eigenvalue weighted by atomic mass is 79.9. The van der Waals surface area contributed by atoms with Crippen molar-refractivity contribution in [2.45, 2.75) is 6.04 Å². The molecule has 1 unspecified atom stereocenters. The van der Waals surface area contributed by atoms with Crippen LogP contribution in [-0.4, -0.2) is 11.8 Å². The minimum atomic E-state index is -0.909. The Labute approximate surface area is 135 Å². The highest BCUT2D eigenvalue weighted by Crippen LogP contribution is 2.22. The van der Waals surface area contributed by atoms with Gasteiger partial charge < -0.3 is 11.1 Å². The van der Waals surface area contributed by atoms with Gasteiger partial charge in [0, 0.05) is 4.47 Å². The lowest BCUT2D eigenvalue weighted by atomic mass is 10.1. The van der Waals surface area contributed by atoms with E-state index in [2.05, 4.69) is 21.2 Å². The summed E-state index contributed by atoms with van der Waals surface area (Å²) >= 11 is 9.28. The van der Waals surface area contributed by atoms with E-state index in [1.807, 2.05) is 6.07 Å². The summed E-state index contributed by atoms with van der Waals surface area (Å²) in [5.41, 5.74) is 6.25. The summed E-state index contributed by atoms with van der Waals surface area (Å²) in [6, 6.07) is 12.8. The Morgan fingerprint density at radius 3 is 2.43 bits per heavy atom. The Morgan fingerprint density at radius 1 is 1.14 bits per heavy atom. The van der Waals surface area contributed by atoms with Crippen molar-refractivity contribution < 1.29 is 9.59 Å². The minimum Gasteiger partial charge on any atom is -0.368 e. The van der Waals surface area contributed by atoms with Gasteiger partial charge in [-0.05, 0) is 23.8 Å². The molecule has 2 rings (SSSR count). The number of nitrogens with one attached hydrogen (secondary N) is 1. The fraction of sp³-hybridized carbons (Fsp3) is 0.0667. The third kappa shape index (κ3) is 3.83. The third-order valence-electron chi connectivity index (χ3n) is 2.87. The van der Waals surface area contributed by atoms with Crippen LogP contribution in [0, 0.1) is 0 Å². The smallest absolute Gasteiger partial charge is 0.253 e. The predicted molar refractivity (Wildman–Crippen MR) is 85.0 cm³/mol. The van der Waals surface area contributed by atoms with Crippen molar-refractivity contribution >= 4 is 39.3 Å². The first-order chi connectivity index (χ1) is 9.99. The quantitative estimate of drug-likeness (QED) is 0.872. The molecule has 1 atom stereocenters. The molecule has 2 aromatic carbocycles. The molecule has 2 aromatic rings. The summed E-state index contributed by atoms with van der Waals surface area (Å²) in [6.45, 7) is 0. The van der Waals surface area contributed by atoms with E-state index in [1.54, 1.807) is 42.5 Å². The average Bonchev–Trinajstić information content (AvgIpc) is 2.47. The van der Waals surface area contributed by atoms with Crippen molar-refractivity contribution in [3.8, 4) is 0 Å². The molecular weight excluding hydrogens is 356 g/mol. The molecule has 6 heteroatoms. The van der Waals surface area contributed by atoms with Crippen LogP contribution in [0.2, 0.25) is 5.02 Å². The largest absolute Gasteiger partial charge is 0.368 e. The van der Waals surface area contributed by atoms with E-state index in [0.717, 1.165) is 0 Å². The Kier molecular flexibility index (Phi) is 4.98. The van der Waals surface area contributed by atoms with Gasteiger partial charge in [0.05, 0.1) is 10.6 Å². The molecule has 0 bridgehead atoms. The SMILES string of the molecule is NC(=O)C(NC(=O)c1cc(Br)ccc1Cl)c1ccccc1. The fourth-order valence-electron chi connectivity index (χ4n) is 1.84. The number of amides is 2. The van der Waals surface area contributed by atoms with Crippen LogP contribution in [-0.2, 0) is 4.79 Å². The topological polar surface area (TPSA) is 72.2 Å². The second-order valence-corrected chi connectivity index (χ2v) is 5.67. The van der Waals surface area contributed by atoms with E-state index in [1.165, 1.54) is 0 Å². The lowest BCUT2D eigenvalue weighted by molar-refractivity contribution is -0.120. The van der Waals surface area contributed by atoms with E-state index in [4.69, 9.17) is 17.3 Å². The summed E-state index contributed by atoms with van der Waals surface area (Å²) in [7, 11) is 0. The maximum atomic E-state index is 12.3. The van der Waals surface area contributed by atoms with E-state index < -0.39 is 17.9 Å². The summed E-state index contributed by atoms with van der Waals surface area (Å²) in [5.74, 6) is -1.10. The van der Waals surface area contributed by atoms with Crippen LogP contribution in [0.3, 0.4) is 0 Å². The standard InChI is InChI=1S/C15H12BrClN2O2/c16-10-6-7-12(17)11(8-10)15(21)19-13(14(18)20)9-4-2-1-3-5-9/h1-8,13H,(H2,18,20)(H,19,21). The Hall–Kier alpha value is -1.85. The molecule has 0 aliphatic carbocycles. The van der Waals surface area contributed by atoms with E-state index in [-0.39, 0.29) is 5.56 Å². The summed E-state index contributed by atoms with van der Waals surface area (Å²) in [5, 5.41) is 2.90. The molecule has 0 fully saturated rings. The molecule has 108 valence electrons. The second-order valence-electron chi connectivity index (χ2n) is 4.34. The number of primary amides is 1. The molecule has 4 nitrogen and oxygen atoms in total. The van der Waals surface area contributed by atoms with Gasteiger partial charge in [-0.3, -0.25) is 9.59 Å². The summed E-state index contributed by atoms with van der Waals surface area (Å²) in [4.78, 5) is 23.9. The maximum Gasteiger partial charge on any atom is 0.253 e. The molecule has 2 amide bonds. The second kappa shape index (κ2) is 6.74. The Bertz CT molecular complexity index is 677. The van der Waals surface area contributed by atoms with Crippen molar-refractivity contribution in [3.63, 3.8) is 0 Å². The molecule has 0 heterocycles. The number of halogens is 2. The Morgan fingerprint density at radius 2 is 1.81 bits per heavy atom. The summed E-state index contributed by atoms with van der Waals surface area (Å²) < 4.78 is 0.715. The first-order valence-electron chi connectivity index (χ1n) is 6.09. The third-order valence-corrected chi connectivity index (χ3v) is 3.69. The molecule has 0 saturated carbocycles. The van der Waals surface area contributed by atoms with Gasteiger partial charge in [-0.15, -0.1) is 0 Å². The molecule has 0 aliphatic heterocycles. The van der Waals surface area contributed by atoms with E-state index in [9.17, 15) is 9.59 Å². The number of rotatable bonds is 4. The normalized spacial score (nSPS) is 11.7. The molecule has 0 spiro atoms. The van der Waals surface area contributed by atoms with Gasteiger partial charge in [0.1, 0.15) is 6.04 Å². The number of nitrogens with two attached hydrogens (primary N) is 1. The molecule has 3 N–H and O–H groups in total. The highest BCUT2D eigenvalue weighted by molar-refractivity contribution is 9.10. The van der Waals surface area contributed by atoms with Crippen LogP contribution >= 0.6 is 27.5 Å². The van der Waals surface area contributed by atoms with Gasteiger partial charge >= 0.3 is 0 Å². The zero-order valence-electron chi connectivity index (χ0n) is 10.8. The van der Waals surface area contributed by atoms with Crippen molar-refractivity contribution in [3.05, 3.63) is 69.2 Å². The number of hydrogen-bond acceptors (Lipinski definition) is 2. The molecule has 21 heavy (non-hydrogen) atoms. The maximum absolute atomic E-state index is 12.3. The summed E-state index contributed by atoms with van der Waals surface area (Å²) in [6.07, 6.45) is 0. The van der Waals surface area contributed by atoms with Crippen LogP contribution < -0.4 is 11.1 Å². The first kappa shape index (κ1) is 15.5. The Balaban J connectivity index is 2.27. The van der Waals surface area contributed by atoms with Gasteiger partial charge in [-0.2, -0.15) is 0 Å². The number of carbonyl (C=O) groups is 2.